The number of carbonyl (C=O) groups is 2. The maximum Gasteiger partial charge on any atom is 0.339 e. The van der Waals surface area contributed by atoms with Crippen molar-refractivity contribution in [2.24, 2.45) is 0 Å². The van der Waals surface area contributed by atoms with Crippen molar-refractivity contribution in [3.05, 3.63) is 97.7 Å². The molecule has 0 bridgehead atoms. The van der Waals surface area contributed by atoms with E-state index in [4.69, 9.17) is 20.8 Å². The van der Waals surface area contributed by atoms with E-state index < -0.39 is 22.4 Å². The number of halogens is 1. The Balaban J connectivity index is 1.53. The number of hydrogen-bond donors (Lipinski definition) is 0. The van der Waals surface area contributed by atoms with Gasteiger partial charge in [0.25, 0.3) is 17.5 Å². The first-order chi connectivity index (χ1) is 15.4. The fraction of sp³-hybridized carbons (Fsp3) is 0.0476. The Hall–Kier alpha value is -3.89. The lowest BCUT2D eigenvalue weighted by Gasteiger charge is -2.08. The van der Waals surface area contributed by atoms with Crippen LogP contribution in [0.15, 0.2) is 64.4 Å². The molecule has 0 amide bonds. The summed E-state index contributed by atoms with van der Waals surface area (Å²) >= 11 is 7.24. The third-order valence-corrected chi connectivity index (χ3v) is 5.50. The quantitative estimate of drug-likeness (QED) is 0.161. The van der Waals surface area contributed by atoms with Crippen LogP contribution in [-0.4, -0.2) is 26.9 Å². The summed E-state index contributed by atoms with van der Waals surface area (Å²) in [7, 11) is 0. The van der Waals surface area contributed by atoms with Crippen molar-refractivity contribution < 1.29 is 23.7 Å². The van der Waals surface area contributed by atoms with Crippen LogP contribution in [0.1, 0.15) is 32.2 Å². The summed E-state index contributed by atoms with van der Waals surface area (Å²) in [5.41, 5.74) is -0.374. The number of aromatic nitrogens is 2. The second-order valence-corrected chi connectivity index (χ2v) is 7.71. The SMILES string of the molecule is O=C(OCc1nnc(-c2cccs2)o1)c1ccccc1C(=O)c1ccc(Cl)c([N+](=O)[O-])c1. The van der Waals surface area contributed by atoms with Gasteiger partial charge in [-0.25, -0.2) is 4.79 Å². The molecule has 0 spiro atoms. The average molecular weight is 470 g/mol. The van der Waals surface area contributed by atoms with Crippen LogP contribution in [0.3, 0.4) is 0 Å². The van der Waals surface area contributed by atoms with Gasteiger partial charge in [0.15, 0.2) is 12.4 Å². The molecule has 0 atom stereocenters. The molecular weight excluding hydrogens is 458 g/mol. The number of rotatable bonds is 7. The van der Waals surface area contributed by atoms with Crippen LogP contribution in [0.2, 0.25) is 5.02 Å². The Morgan fingerprint density at radius 1 is 1.09 bits per heavy atom. The summed E-state index contributed by atoms with van der Waals surface area (Å²) < 4.78 is 10.7. The molecule has 0 aliphatic carbocycles. The van der Waals surface area contributed by atoms with E-state index in [9.17, 15) is 19.7 Å². The van der Waals surface area contributed by atoms with Gasteiger partial charge in [-0.1, -0.05) is 35.9 Å². The first kappa shape index (κ1) is 21.3. The molecule has 160 valence electrons. The summed E-state index contributed by atoms with van der Waals surface area (Å²) in [6.45, 7) is -0.286. The maximum absolute atomic E-state index is 13.0. The topological polar surface area (TPSA) is 125 Å². The van der Waals surface area contributed by atoms with Crippen molar-refractivity contribution in [2.75, 3.05) is 0 Å². The number of benzene rings is 2. The van der Waals surface area contributed by atoms with Crippen molar-refractivity contribution in [1.29, 1.82) is 0 Å². The van der Waals surface area contributed by atoms with E-state index in [1.807, 2.05) is 17.5 Å². The molecule has 0 fully saturated rings. The number of nitrogens with zero attached hydrogens (tertiary/aromatic N) is 3. The number of hydrogen-bond acceptors (Lipinski definition) is 9. The van der Waals surface area contributed by atoms with Crippen molar-refractivity contribution in [3.8, 4) is 10.8 Å². The van der Waals surface area contributed by atoms with E-state index in [1.54, 1.807) is 12.1 Å². The number of ketones is 1. The van der Waals surface area contributed by atoms with Crippen LogP contribution in [0.5, 0.6) is 0 Å². The van der Waals surface area contributed by atoms with E-state index >= 15 is 0 Å². The normalized spacial score (nSPS) is 10.7. The molecule has 2 aromatic carbocycles. The zero-order valence-electron chi connectivity index (χ0n) is 16.1. The minimum absolute atomic E-state index is 0.00639. The molecule has 4 aromatic rings. The highest BCUT2D eigenvalue weighted by Gasteiger charge is 2.22. The molecule has 32 heavy (non-hydrogen) atoms. The fourth-order valence-corrected chi connectivity index (χ4v) is 3.66. The van der Waals surface area contributed by atoms with Crippen molar-refractivity contribution in [3.63, 3.8) is 0 Å². The molecule has 11 heteroatoms. The number of thiophene rings is 1. The molecular formula is C21H12ClN3O6S. The van der Waals surface area contributed by atoms with Gasteiger partial charge in [0.1, 0.15) is 5.02 Å². The molecule has 0 aliphatic rings. The lowest BCUT2D eigenvalue weighted by atomic mass is 9.98. The first-order valence-corrected chi connectivity index (χ1v) is 10.3. The summed E-state index contributed by atoms with van der Waals surface area (Å²) in [4.78, 5) is 36.8. The zero-order valence-corrected chi connectivity index (χ0v) is 17.6. The number of ether oxygens (including phenoxy) is 1. The Bertz CT molecular complexity index is 1320. The van der Waals surface area contributed by atoms with Crippen LogP contribution in [-0.2, 0) is 11.3 Å². The van der Waals surface area contributed by atoms with Gasteiger partial charge in [0.2, 0.25) is 0 Å². The van der Waals surface area contributed by atoms with E-state index in [0.717, 1.165) is 10.9 Å². The summed E-state index contributed by atoms with van der Waals surface area (Å²) in [5, 5.41) is 20.6. The standard InChI is InChI=1S/C21H12ClN3O6S/c22-15-8-7-12(10-16(15)25(28)29)19(26)13-4-1-2-5-14(13)21(27)30-11-18-23-24-20(31-18)17-6-3-9-32-17/h1-10H,11H2. The second kappa shape index (κ2) is 9.08. The van der Waals surface area contributed by atoms with Crippen LogP contribution in [0, 0.1) is 10.1 Å². The van der Waals surface area contributed by atoms with Gasteiger partial charge >= 0.3 is 5.97 Å². The van der Waals surface area contributed by atoms with Crippen LogP contribution in [0.4, 0.5) is 5.69 Å². The van der Waals surface area contributed by atoms with Crippen LogP contribution < -0.4 is 0 Å². The van der Waals surface area contributed by atoms with Gasteiger partial charge in [-0.05, 0) is 29.6 Å². The average Bonchev–Trinajstić information content (AvgIpc) is 3.49. The number of nitro benzene ring substituents is 1. The zero-order chi connectivity index (χ0) is 22.7. The lowest BCUT2D eigenvalue weighted by Crippen LogP contribution is -2.13. The van der Waals surface area contributed by atoms with E-state index in [2.05, 4.69) is 10.2 Å². The van der Waals surface area contributed by atoms with Crippen molar-refractivity contribution in [2.45, 2.75) is 6.61 Å². The van der Waals surface area contributed by atoms with Gasteiger partial charge in [0.05, 0.1) is 15.4 Å². The lowest BCUT2D eigenvalue weighted by molar-refractivity contribution is -0.384. The molecule has 0 saturated carbocycles. The number of carbonyl (C=O) groups excluding carboxylic acids is 2. The minimum Gasteiger partial charge on any atom is -0.452 e. The molecule has 0 aliphatic heterocycles. The molecule has 0 radical (unpaired) electrons. The number of esters is 1. The summed E-state index contributed by atoms with van der Waals surface area (Å²) in [6.07, 6.45) is 0. The summed E-state index contributed by atoms with van der Waals surface area (Å²) in [5.74, 6) is -0.965. The highest BCUT2D eigenvalue weighted by Crippen LogP contribution is 2.27. The van der Waals surface area contributed by atoms with Crippen LogP contribution in [0.25, 0.3) is 10.8 Å². The highest BCUT2D eigenvalue weighted by atomic mass is 35.5. The smallest absolute Gasteiger partial charge is 0.339 e. The van der Waals surface area contributed by atoms with Gasteiger partial charge in [0, 0.05) is 17.2 Å². The molecule has 2 heterocycles. The number of nitro groups is 1. The Morgan fingerprint density at radius 3 is 2.59 bits per heavy atom. The second-order valence-electron chi connectivity index (χ2n) is 6.35. The monoisotopic (exact) mass is 469 g/mol. The molecule has 0 N–H and O–H groups in total. The molecule has 9 nitrogen and oxygen atoms in total. The molecule has 4 rings (SSSR count). The van der Waals surface area contributed by atoms with E-state index in [-0.39, 0.29) is 34.2 Å². The van der Waals surface area contributed by atoms with Gasteiger partial charge < -0.3 is 9.15 Å². The van der Waals surface area contributed by atoms with Gasteiger partial charge in [-0.2, -0.15) is 0 Å². The highest BCUT2D eigenvalue weighted by molar-refractivity contribution is 7.13. The molecule has 0 unspecified atom stereocenters. The van der Waals surface area contributed by atoms with E-state index in [1.165, 1.54) is 35.6 Å². The molecule has 2 aromatic heterocycles. The van der Waals surface area contributed by atoms with Gasteiger partial charge in [-0.15, -0.1) is 21.5 Å². The maximum atomic E-state index is 13.0. The van der Waals surface area contributed by atoms with Crippen LogP contribution >= 0.6 is 22.9 Å². The van der Waals surface area contributed by atoms with Gasteiger partial charge in [-0.3, -0.25) is 14.9 Å². The predicted molar refractivity (Wildman–Crippen MR) is 115 cm³/mol. The predicted octanol–water partition coefficient (Wildman–Crippen LogP) is 4.95. The third-order valence-electron chi connectivity index (χ3n) is 4.32. The summed E-state index contributed by atoms with van der Waals surface area (Å²) in [6, 6.07) is 13.3. The van der Waals surface area contributed by atoms with Crippen molar-refractivity contribution in [1.82, 2.24) is 10.2 Å². The third kappa shape index (κ3) is 4.41. The fourth-order valence-electron chi connectivity index (χ4n) is 2.83. The first-order valence-electron chi connectivity index (χ1n) is 9.05. The Kier molecular flexibility index (Phi) is 6.06. The Morgan fingerprint density at radius 2 is 1.88 bits per heavy atom. The minimum atomic E-state index is -0.784. The van der Waals surface area contributed by atoms with Crippen molar-refractivity contribution >= 4 is 40.4 Å². The Labute approximate surface area is 189 Å². The molecule has 0 saturated heterocycles. The van der Waals surface area contributed by atoms with E-state index in [0.29, 0.717) is 5.89 Å². The largest absolute Gasteiger partial charge is 0.452 e.